The van der Waals surface area contributed by atoms with Crippen LogP contribution in [0, 0.1) is 0 Å². The number of ether oxygens (including phenoxy) is 2. The van der Waals surface area contributed by atoms with Gasteiger partial charge in [-0.3, -0.25) is 4.79 Å². The summed E-state index contributed by atoms with van der Waals surface area (Å²) in [5, 5.41) is 3.63. The van der Waals surface area contributed by atoms with E-state index in [1.54, 1.807) is 24.3 Å². The van der Waals surface area contributed by atoms with E-state index in [1.165, 1.54) is 0 Å². The first kappa shape index (κ1) is 22.7. The predicted octanol–water partition coefficient (Wildman–Crippen LogP) is 5.66. The third-order valence-corrected chi connectivity index (χ3v) is 5.50. The van der Waals surface area contributed by atoms with Gasteiger partial charge in [0.15, 0.2) is 11.5 Å². The molecule has 1 N–H and O–H groups in total. The van der Waals surface area contributed by atoms with Crippen LogP contribution in [0.3, 0.4) is 0 Å². The van der Waals surface area contributed by atoms with Crippen LogP contribution in [0.5, 0.6) is 11.5 Å². The fourth-order valence-corrected chi connectivity index (χ4v) is 3.82. The summed E-state index contributed by atoms with van der Waals surface area (Å²) < 4.78 is 13.8. The van der Waals surface area contributed by atoms with Gasteiger partial charge in [-0.15, -0.1) is 0 Å². The quantitative estimate of drug-likeness (QED) is 0.348. The molecule has 4 rings (SSSR count). The van der Waals surface area contributed by atoms with E-state index in [0.717, 1.165) is 22.6 Å². The maximum atomic E-state index is 12.7. The van der Waals surface area contributed by atoms with Crippen molar-refractivity contribution in [2.75, 3.05) is 13.2 Å². The van der Waals surface area contributed by atoms with Crippen LogP contribution in [0.15, 0.2) is 72.8 Å². The second-order valence-corrected chi connectivity index (χ2v) is 7.98. The topological polar surface area (TPSA) is 65.4 Å². The van der Waals surface area contributed by atoms with Crippen LogP contribution in [-0.4, -0.2) is 28.7 Å². The number of amides is 1. The molecule has 170 valence electrons. The summed E-state index contributed by atoms with van der Waals surface area (Å²) in [6.07, 6.45) is 0. The van der Waals surface area contributed by atoms with Crippen LogP contribution in [0.2, 0.25) is 5.02 Å². The van der Waals surface area contributed by atoms with Gasteiger partial charge < -0.3 is 19.4 Å². The van der Waals surface area contributed by atoms with Crippen molar-refractivity contribution in [2.24, 2.45) is 0 Å². The predicted molar refractivity (Wildman–Crippen MR) is 130 cm³/mol. The number of hydrogen-bond donors (Lipinski definition) is 1. The third kappa shape index (κ3) is 5.29. The minimum atomic E-state index is -0.309. The van der Waals surface area contributed by atoms with Crippen molar-refractivity contribution < 1.29 is 14.3 Å². The van der Waals surface area contributed by atoms with Crippen molar-refractivity contribution in [3.63, 3.8) is 0 Å². The van der Waals surface area contributed by atoms with E-state index in [4.69, 9.17) is 26.1 Å². The number of rotatable bonds is 9. The number of carbonyl (C=O) groups excluding carboxylic acids is 1. The number of fused-ring (bicyclic) bond motifs is 1. The van der Waals surface area contributed by atoms with Crippen LogP contribution in [-0.2, 0) is 6.54 Å². The molecule has 7 heteroatoms. The van der Waals surface area contributed by atoms with Crippen molar-refractivity contribution in [3.8, 4) is 11.5 Å². The first-order valence-electron chi connectivity index (χ1n) is 10.9. The van der Waals surface area contributed by atoms with E-state index in [-0.39, 0.29) is 11.9 Å². The maximum Gasteiger partial charge on any atom is 0.251 e. The van der Waals surface area contributed by atoms with Crippen molar-refractivity contribution in [1.82, 2.24) is 14.9 Å². The van der Waals surface area contributed by atoms with Gasteiger partial charge in [-0.2, -0.15) is 0 Å². The number of para-hydroxylation sites is 4. The molecule has 4 aromatic rings. The Morgan fingerprint density at radius 2 is 1.67 bits per heavy atom. The molecule has 1 heterocycles. The number of nitrogens with zero attached hydrogens (tertiary/aromatic N) is 2. The molecule has 0 spiro atoms. The highest BCUT2D eigenvalue weighted by atomic mass is 35.5. The Hall–Kier alpha value is -3.51. The molecule has 6 nitrogen and oxygen atoms in total. The Kier molecular flexibility index (Phi) is 7.15. The van der Waals surface area contributed by atoms with E-state index in [0.29, 0.717) is 36.1 Å². The van der Waals surface area contributed by atoms with Crippen molar-refractivity contribution in [3.05, 3.63) is 89.2 Å². The molecule has 1 amide bonds. The molecule has 1 unspecified atom stereocenters. The zero-order valence-corrected chi connectivity index (χ0v) is 19.4. The van der Waals surface area contributed by atoms with Gasteiger partial charge in [-0.05, 0) is 62.4 Å². The second kappa shape index (κ2) is 10.4. The molecule has 0 fully saturated rings. The largest absolute Gasteiger partial charge is 0.490 e. The van der Waals surface area contributed by atoms with Crippen molar-refractivity contribution in [2.45, 2.75) is 26.4 Å². The van der Waals surface area contributed by atoms with Gasteiger partial charge >= 0.3 is 0 Å². The van der Waals surface area contributed by atoms with Crippen molar-refractivity contribution in [1.29, 1.82) is 0 Å². The Bertz CT molecular complexity index is 1240. The lowest BCUT2D eigenvalue weighted by atomic mass is 10.2. The number of aromatic nitrogens is 2. The highest BCUT2D eigenvalue weighted by molar-refractivity contribution is 6.30. The molecule has 1 atom stereocenters. The molecule has 0 radical (unpaired) electrons. The molecular weight excluding hydrogens is 438 g/mol. The highest BCUT2D eigenvalue weighted by Crippen LogP contribution is 2.27. The SMILES string of the molecule is CCOc1ccccc1OCCn1c(C(C)NC(=O)c2ccc(Cl)cc2)nc2ccccc21. The molecule has 0 saturated heterocycles. The second-order valence-electron chi connectivity index (χ2n) is 7.54. The lowest BCUT2D eigenvalue weighted by Gasteiger charge is -2.17. The average Bonchev–Trinajstić information content (AvgIpc) is 3.19. The molecular formula is C26H26ClN3O3. The number of nitrogens with one attached hydrogen (secondary N) is 1. The third-order valence-electron chi connectivity index (χ3n) is 5.25. The number of imidazole rings is 1. The summed E-state index contributed by atoms with van der Waals surface area (Å²) in [7, 11) is 0. The summed E-state index contributed by atoms with van der Waals surface area (Å²) >= 11 is 5.94. The first-order valence-corrected chi connectivity index (χ1v) is 11.3. The monoisotopic (exact) mass is 463 g/mol. The van der Waals surface area contributed by atoms with E-state index in [9.17, 15) is 4.79 Å². The van der Waals surface area contributed by atoms with Gasteiger partial charge in [0.05, 0.1) is 30.2 Å². The van der Waals surface area contributed by atoms with Crippen LogP contribution in [0.1, 0.15) is 36.1 Å². The van der Waals surface area contributed by atoms with E-state index >= 15 is 0 Å². The Labute approximate surface area is 198 Å². The number of carbonyl (C=O) groups is 1. The molecule has 33 heavy (non-hydrogen) atoms. The fraction of sp³-hybridized carbons (Fsp3) is 0.231. The molecule has 0 bridgehead atoms. The lowest BCUT2D eigenvalue weighted by molar-refractivity contribution is 0.0937. The minimum absolute atomic E-state index is 0.181. The van der Waals surface area contributed by atoms with Gasteiger partial charge in [0, 0.05) is 10.6 Å². The molecule has 0 aliphatic heterocycles. The van der Waals surface area contributed by atoms with Crippen LogP contribution >= 0.6 is 11.6 Å². The van der Waals surface area contributed by atoms with Crippen LogP contribution < -0.4 is 14.8 Å². The zero-order valence-electron chi connectivity index (χ0n) is 18.6. The van der Waals surface area contributed by atoms with Crippen molar-refractivity contribution >= 4 is 28.5 Å². The molecule has 0 saturated carbocycles. The number of halogens is 1. The average molecular weight is 464 g/mol. The molecule has 3 aromatic carbocycles. The summed E-state index contributed by atoms with van der Waals surface area (Å²) in [6.45, 7) is 5.44. The van der Waals surface area contributed by atoms with Crippen LogP contribution in [0.25, 0.3) is 11.0 Å². The highest BCUT2D eigenvalue weighted by Gasteiger charge is 2.19. The van der Waals surface area contributed by atoms with E-state index in [1.807, 2.05) is 62.4 Å². The summed E-state index contributed by atoms with van der Waals surface area (Å²) in [5.74, 6) is 2.01. The minimum Gasteiger partial charge on any atom is -0.490 e. The summed E-state index contributed by atoms with van der Waals surface area (Å²) in [4.78, 5) is 17.5. The lowest BCUT2D eigenvalue weighted by Crippen LogP contribution is -2.29. The van der Waals surface area contributed by atoms with Gasteiger partial charge in [-0.25, -0.2) is 4.98 Å². The normalized spacial score (nSPS) is 11.8. The zero-order chi connectivity index (χ0) is 23.2. The Morgan fingerprint density at radius 1 is 1.00 bits per heavy atom. The standard InChI is InChI=1S/C26H26ClN3O3/c1-3-32-23-10-6-7-11-24(23)33-17-16-30-22-9-5-4-8-21(22)29-25(30)18(2)28-26(31)19-12-14-20(27)15-13-19/h4-15,18H,3,16-17H2,1-2H3,(H,28,31). The molecule has 1 aromatic heterocycles. The Balaban J connectivity index is 1.53. The fourth-order valence-electron chi connectivity index (χ4n) is 3.70. The Morgan fingerprint density at radius 3 is 2.39 bits per heavy atom. The summed E-state index contributed by atoms with van der Waals surface area (Å²) in [5.41, 5.74) is 2.40. The number of hydrogen-bond acceptors (Lipinski definition) is 4. The smallest absolute Gasteiger partial charge is 0.251 e. The van der Waals surface area contributed by atoms with Gasteiger partial charge in [-0.1, -0.05) is 35.9 Å². The van der Waals surface area contributed by atoms with E-state index in [2.05, 4.69) is 9.88 Å². The number of benzene rings is 3. The molecule has 0 aliphatic carbocycles. The molecule has 0 aliphatic rings. The first-order chi connectivity index (χ1) is 16.1. The summed E-state index contributed by atoms with van der Waals surface area (Å²) in [6, 6.07) is 22.1. The van der Waals surface area contributed by atoms with Gasteiger partial charge in [0.1, 0.15) is 12.4 Å². The van der Waals surface area contributed by atoms with Gasteiger partial charge in [0.25, 0.3) is 5.91 Å². The van der Waals surface area contributed by atoms with E-state index < -0.39 is 0 Å². The maximum absolute atomic E-state index is 12.7. The van der Waals surface area contributed by atoms with Gasteiger partial charge in [0.2, 0.25) is 0 Å². The van der Waals surface area contributed by atoms with Crippen LogP contribution in [0.4, 0.5) is 0 Å².